The van der Waals surface area contributed by atoms with Crippen LogP contribution in [-0.2, 0) is 4.74 Å². The Morgan fingerprint density at radius 2 is 2.15 bits per heavy atom. The van der Waals surface area contributed by atoms with Gasteiger partial charge in [-0.05, 0) is 44.9 Å². The molecule has 1 atom stereocenters. The Hall–Kier alpha value is -1.00. The summed E-state index contributed by atoms with van der Waals surface area (Å²) in [5.41, 5.74) is 0.875. The molecule has 1 aliphatic rings. The van der Waals surface area contributed by atoms with Crippen molar-refractivity contribution in [1.82, 2.24) is 10.3 Å². The number of rotatable bonds is 7. The monoisotopic (exact) mass is 280 g/mol. The molecule has 20 heavy (non-hydrogen) atoms. The van der Waals surface area contributed by atoms with E-state index in [1.54, 1.807) is 6.07 Å². The molecule has 1 aromatic heterocycles. The van der Waals surface area contributed by atoms with Crippen LogP contribution in [0.3, 0.4) is 0 Å². The number of hydrogen-bond acceptors (Lipinski definition) is 3. The van der Waals surface area contributed by atoms with Gasteiger partial charge in [-0.1, -0.05) is 19.3 Å². The molecule has 1 aliphatic carbocycles. The van der Waals surface area contributed by atoms with E-state index >= 15 is 0 Å². The topological polar surface area (TPSA) is 34.1 Å². The zero-order valence-corrected chi connectivity index (χ0v) is 12.3. The van der Waals surface area contributed by atoms with E-state index in [2.05, 4.69) is 10.3 Å². The zero-order chi connectivity index (χ0) is 14.2. The fourth-order valence-electron chi connectivity index (χ4n) is 2.62. The summed E-state index contributed by atoms with van der Waals surface area (Å²) < 4.78 is 18.7. The molecular weight excluding hydrogens is 255 g/mol. The first-order valence-corrected chi connectivity index (χ1v) is 7.72. The molecule has 0 radical (unpaired) electrons. The maximum absolute atomic E-state index is 12.8. The largest absolute Gasteiger partial charge is 0.378 e. The molecule has 1 fully saturated rings. The SMILES string of the molecule is CC(NCCCOC1CCCCC1)c1ccc(F)cn1. The van der Waals surface area contributed by atoms with Crippen LogP contribution in [0.15, 0.2) is 18.3 Å². The summed E-state index contributed by atoms with van der Waals surface area (Å²) >= 11 is 0. The number of ether oxygens (including phenoxy) is 1. The Morgan fingerprint density at radius 3 is 2.85 bits per heavy atom. The van der Waals surface area contributed by atoms with Crippen molar-refractivity contribution in [3.63, 3.8) is 0 Å². The third-order valence-corrected chi connectivity index (χ3v) is 3.87. The van der Waals surface area contributed by atoms with Crippen LogP contribution in [0, 0.1) is 5.82 Å². The molecule has 112 valence electrons. The average molecular weight is 280 g/mol. The molecule has 0 amide bonds. The average Bonchev–Trinajstić information content (AvgIpc) is 2.48. The molecule has 0 aliphatic heterocycles. The van der Waals surface area contributed by atoms with Crippen molar-refractivity contribution in [2.24, 2.45) is 0 Å². The fourth-order valence-corrected chi connectivity index (χ4v) is 2.62. The minimum absolute atomic E-state index is 0.144. The highest BCUT2D eigenvalue weighted by molar-refractivity contribution is 5.08. The van der Waals surface area contributed by atoms with Gasteiger partial charge < -0.3 is 10.1 Å². The first kappa shape index (κ1) is 15.4. The van der Waals surface area contributed by atoms with E-state index in [9.17, 15) is 4.39 Å². The van der Waals surface area contributed by atoms with Gasteiger partial charge in [0.2, 0.25) is 0 Å². The lowest BCUT2D eigenvalue weighted by Crippen LogP contribution is -2.23. The van der Waals surface area contributed by atoms with E-state index in [1.807, 2.05) is 6.92 Å². The van der Waals surface area contributed by atoms with Crippen LogP contribution >= 0.6 is 0 Å². The summed E-state index contributed by atoms with van der Waals surface area (Å²) in [6.45, 7) is 3.76. The van der Waals surface area contributed by atoms with Crippen molar-refractivity contribution in [1.29, 1.82) is 0 Å². The summed E-state index contributed by atoms with van der Waals surface area (Å²) in [5.74, 6) is -0.290. The van der Waals surface area contributed by atoms with Gasteiger partial charge in [0.05, 0.1) is 18.0 Å². The van der Waals surface area contributed by atoms with Gasteiger partial charge in [0.25, 0.3) is 0 Å². The smallest absolute Gasteiger partial charge is 0.141 e. The van der Waals surface area contributed by atoms with E-state index in [-0.39, 0.29) is 11.9 Å². The number of aromatic nitrogens is 1. The Bertz CT molecular complexity index is 377. The minimum atomic E-state index is -0.290. The van der Waals surface area contributed by atoms with Crippen LogP contribution in [0.1, 0.15) is 57.2 Å². The summed E-state index contributed by atoms with van der Waals surface area (Å²) in [6, 6.07) is 3.32. The normalized spacial score (nSPS) is 18.1. The molecule has 0 aromatic carbocycles. The third kappa shape index (κ3) is 5.17. The van der Waals surface area contributed by atoms with E-state index < -0.39 is 0 Å². The van der Waals surface area contributed by atoms with Crippen LogP contribution in [0.25, 0.3) is 0 Å². The lowest BCUT2D eigenvalue weighted by Gasteiger charge is -2.22. The van der Waals surface area contributed by atoms with E-state index in [4.69, 9.17) is 4.74 Å². The van der Waals surface area contributed by atoms with Crippen molar-refractivity contribution in [3.8, 4) is 0 Å². The molecule has 0 spiro atoms. The second-order valence-electron chi connectivity index (χ2n) is 5.56. The first-order chi connectivity index (χ1) is 9.75. The van der Waals surface area contributed by atoms with Gasteiger partial charge in [-0.25, -0.2) is 4.39 Å². The lowest BCUT2D eigenvalue weighted by molar-refractivity contribution is 0.0271. The number of halogens is 1. The fraction of sp³-hybridized carbons (Fsp3) is 0.688. The first-order valence-electron chi connectivity index (χ1n) is 7.72. The summed E-state index contributed by atoms with van der Waals surface area (Å²) in [6.07, 6.45) is 9.20. The Balaban J connectivity index is 1.57. The molecule has 1 unspecified atom stereocenters. The highest BCUT2D eigenvalue weighted by Crippen LogP contribution is 2.20. The van der Waals surface area contributed by atoms with Gasteiger partial charge in [0.1, 0.15) is 5.82 Å². The van der Waals surface area contributed by atoms with Gasteiger partial charge in [-0.15, -0.1) is 0 Å². The molecule has 0 saturated heterocycles. The molecular formula is C16H25FN2O. The minimum Gasteiger partial charge on any atom is -0.378 e. The van der Waals surface area contributed by atoms with Crippen molar-refractivity contribution in [2.75, 3.05) is 13.2 Å². The van der Waals surface area contributed by atoms with Crippen LogP contribution in [-0.4, -0.2) is 24.2 Å². The van der Waals surface area contributed by atoms with Gasteiger partial charge in [-0.2, -0.15) is 0 Å². The molecule has 1 N–H and O–H groups in total. The van der Waals surface area contributed by atoms with Crippen LogP contribution in [0.5, 0.6) is 0 Å². The molecule has 3 nitrogen and oxygen atoms in total. The van der Waals surface area contributed by atoms with Crippen LogP contribution < -0.4 is 5.32 Å². The van der Waals surface area contributed by atoms with E-state index in [0.29, 0.717) is 6.10 Å². The molecule has 0 bridgehead atoms. The predicted octanol–water partition coefficient (Wildman–Crippen LogP) is 3.61. The van der Waals surface area contributed by atoms with Crippen molar-refractivity contribution in [3.05, 3.63) is 29.8 Å². The maximum Gasteiger partial charge on any atom is 0.141 e. The lowest BCUT2D eigenvalue weighted by atomic mass is 9.98. The standard InChI is InChI=1S/C16H25FN2O/c1-13(16-9-8-14(17)12-19-16)18-10-5-11-20-15-6-3-2-4-7-15/h8-9,12-13,15,18H,2-7,10-11H2,1H3. The van der Waals surface area contributed by atoms with Gasteiger partial charge in [-0.3, -0.25) is 4.98 Å². The van der Waals surface area contributed by atoms with Gasteiger partial charge in [0, 0.05) is 12.6 Å². The second kappa shape index (κ2) is 8.32. The van der Waals surface area contributed by atoms with Gasteiger partial charge in [0.15, 0.2) is 0 Å². The number of hydrogen-bond donors (Lipinski definition) is 1. The van der Waals surface area contributed by atoms with E-state index in [0.717, 1.165) is 25.3 Å². The molecule has 1 heterocycles. The van der Waals surface area contributed by atoms with Crippen molar-refractivity contribution in [2.45, 2.75) is 57.6 Å². The molecule has 1 aromatic rings. The number of nitrogens with one attached hydrogen (secondary N) is 1. The van der Waals surface area contributed by atoms with E-state index in [1.165, 1.54) is 44.4 Å². The Morgan fingerprint density at radius 1 is 1.35 bits per heavy atom. The van der Waals surface area contributed by atoms with Crippen LogP contribution in [0.2, 0.25) is 0 Å². The van der Waals surface area contributed by atoms with Crippen molar-refractivity contribution < 1.29 is 9.13 Å². The molecule has 2 rings (SSSR count). The summed E-state index contributed by atoms with van der Waals surface area (Å²) in [7, 11) is 0. The Labute approximate surface area is 120 Å². The Kier molecular flexibility index (Phi) is 6.40. The van der Waals surface area contributed by atoms with Crippen LogP contribution in [0.4, 0.5) is 4.39 Å². The third-order valence-electron chi connectivity index (χ3n) is 3.87. The zero-order valence-electron chi connectivity index (χ0n) is 12.3. The summed E-state index contributed by atoms with van der Waals surface area (Å²) in [5, 5.41) is 3.39. The van der Waals surface area contributed by atoms with Crippen molar-refractivity contribution >= 4 is 0 Å². The predicted molar refractivity (Wildman–Crippen MR) is 78.1 cm³/mol. The van der Waals surface area contributed by atoms with Gasteiger partial charge >= 0.3 is 0 Å². The number of nitrogens with zero attached hydrogens (tertiary/aromatic N) is 1. The highest BCUT2D eigenvalue weighted by atomic mass is 19.1. The molecule has 1 saturated carbocycles. The quantitative estimate of drug-likeness (QED) is 0.775. The summed E-state index contributed by atoms with van der Waals surface area (Å²) in [4.78, 5) is 4.08. The highest BCUT2D eigenvalue weighted by Gasteiger charge is 2.13. The molecule has 4 heteroatoms. The second-order valence-corrected chi connectivity index (χ2v) is 5.56. The maximum atomic E-state index is 12.8. The number of pyridine rings is 1.